The van der Waals surface area contributed by atoms with Crippen LogP contribution in [0.3, 0.4) is 0 Å². The first-order chi connectivity index (χ1) is 7.13. The SMILES string of the molecule is CCN(C)C(=O)COc1ccc(C)cc1. The van der Waals surface area contributed by atoms with Crippen LogP contribution in [0.1, 0.15) is 12.5 Å². The van der Waals surface area contributed by atoms with Crippen LogP contribution in [-0.2, 0) is 4.79 Å². The molecule has 0 heterocycles. The highest BCUT2D eigenvalue weighted by atomic mass is 16.5. The van der Waals surface area contributed by atoms with Gasteiger partial charge in [-0.1, -0.05) is 17.7 Å². The molecule has 0 aliphatic carbocycles. The molecule has 0 bridgehead atoms. The average Bonchev–Trinajstić information content (AvgIpc) is 2.26. The first kappa shape index (κ1) is 11.6. The van der Waals surface area contributed by atoms with Crippen LogP contribution in [0.5, 0.6) is 5.75 Å². The largest absolute Gasteiger partial charge is 0.484 e. The minimum atomic E-state index is -0.00178. The van der Waals surface area contributed by atoms with Crippen LogP contribution in [0.25, 0.3) is 0 Å². The highest BCUT2D eigenvalue weighted by Crippen LogP contribution is 2.11. The molecular weight excluding hydrogens is 190 g/mol. The van der Waals surface area contributed by atoms with Gasteiger partial charge < -0.3 is 9.64 Å². The maximum absolute atomic E-state index is 11.4. The Morgan fingerprint density at radius 3 is 2.47 bits per heavy atom. The fraction of sp³-hybridized carbons (Fsp3) is 0.417. The summed E-state index contributed by atoms with van der Waals surface area (Å²) < 4.78 is 5.35. The van der Waals surface area contributed by atoms with E-state index in [1.54, 1.807) is 11.9 Å². The van der Waals surface area contributed by atoms with Crippen molar-refractivity contribution in [1.82, 2.24) is 4.90 Å². The summed E-state index contributed by atoms with van der Waals surface area (Å²) in [6.45, 7) is 4.76. The zero-order valence-electron chi connectivity index (χ0n) is 9.49. The third-order valence-corrected chi connectivity index (χ3v) is 2.28. The van der Waals surface area contributed by atoms with E-state index < -0.39 is 0 Å². The summed E-state index contributed by atoms with van der Waals surface area (Å²) in [6.07, 6.45) is 0. The van der Waals surface area contributed by atoms with Crippen LogP contribution < -0.4 is 4.74 Å². The maximum atomic E-state index is 11.4. The van der Waals surface area contributed by atoms with Crippen LogP contribution in [0.2, 0.25) is 0 Å². The molecule has 0 fully saturated rings. The van der Waals surface area contributed by atoms with Gasteiger partial charge in [0.25, 0.3) is 5.91 Å². The number of carbonyl (C=O) groups excluding carboxylic acids is 1. The monoisotopic (exact) mass is 207 g/mol. The molecule has 0 aromatic heterocycles. The Hall–Kier alpha value is -1.51. The smallest absolute Gasteiger partial charge is 0.260 e. The van der Waals surface area contributed by atoms with E-state index in [9.17, 15) is 4.79 Å². The van der Waals surface area contributed by atoms with Crippen LogP contribution >= 0.6 is 0 Å². The van der Waals surface area contributed by atoms with Gasteiger partial charge in [0.2, 0.25) is 0 Å². The van der Waals surface area contributed by atoms with E-state index >= 15 is 0 Å². The van der Waals surface area contributed by atoms with Gasteiger partial charge in [-0.15, -0.1) is 0 Å². The van der Waals surface area contributed by atoms with E-state index in [0.717, 1.165) is 5.75 Å². The summed E-state index contributed by atoms with van der Waals surface area (Å²) in [6, 6.07) is 7.66. The molecule has 0 unspecified atom stereocenters. The number of hydrogen-bond acceptors (Lipinski definition) is 2. The van der Waals surface area contributed by atoms with E-state index in [0.29, 0.717) is 6.54 Å². The standard InChI is InChI=1S/C12H17NO2/c1-4-13(3)12(14)9-15-11-7-5-10(2)6-8-11/h5-8H,4,9H2,1-3H3. The third-order valence-electron chi connectivity index (χ3n) is 2.28. The lowest BCUT2D eigenvalue weighted by atomic mass is 10.2. The average molecular weight is 207 g/mol. The van der Waals surface area contributed by atoms with Crippen LogP contribution in [0, 0.1) is 6.92 Å². The van der Waals surface area contributed by atoms with Crippen molar-refractivity contribution in [3.05, 3.63) is 29.8 Å². The summed E-state index contributed by atoms with van der Waals surface area (Å²) >= 11 is 0. The Labute approximate surface area is 90.7 Å². The molecule has 0 saturated carbocycles. The molecule has 1 aromatic rings. The number of amides is 1. The van der Waals surface area contributed by atoms with Crippen LogP contribution in [0.15, 0.2) is 24.3 Å². The molecule has 3 nitrogen and oxygen atoms in total. The van der Waals surface area contributed by atoms with Crippen LogP contribution in [0.4, 0.5) is 0 Å². The van der Waals surface area contributed by atoms with Gasteiger partial charge in [0, 0.05) is 13.6 Å². The second-order valence-corrected chi connectivity index (χ2v) is 3.51. The number of likely N-dealkylation sites (N-methyl/N-ethyl adjacent to an activating group) is 1. The second-order valence-electron chi connectivity index (χ2n) is 3.51. The van der Waals surface area contributed by atoms with E-state index in [4.69, 9.17) is 4.74 Å². The summed E-state index contributed by atoms with van der Waals surface area (Å²) in [5.74, 6) is 0.733. The van der Waals surface area contributed by atoms with E-state index in [1.165, 1.54) is 5.56 Å². The Morgan fingerprint density at radius 1 is 1.33 bits per heavy atom. The molecule has 1 rings (SSSR count). The van der Waals surface area contributed by atoms with Gasteiger partial charge in [-0.2, -0.15) is 0 Å². The van der Waals surface area contributed by atoms with Gasteiger partial charge in [-0.05, 0) is 26.0 Å². The van der Waals surface area contributed by atoms with Gasteiger partial charge in [0.15, 0.2) is 6.61 Å². The minimum Gasteiger partial charge on any atom is -0.484 e. The van der Waals surface area contributed by atoms with Gasteiger partial charge in [0.05, 0.1) is 0 Å². The minimum absolute atomic E-state index is 0.00178. The van der Waals surface area contributed by atoms with Crippen molar-refractivity contribution in [2.75, 3.05) is 20.2 Å². The van der Waals surface area contributed by atoms with E-state index in [1.807, 2.05) is 38.1 Å². The molecule has 0 saturated heterocycles. The lowest BCUT2D eigenvalue weighted by Gasteiger charge is -2.14. The molecule has 1 amide bonds. The molecule has 0 radical (unpaired) electrons. The summed E-state index contributed by atoms with van der Waals surface area (Å²) in [7, 11) is 1.76. The molecule has 0 atom stereocenters. The Bertz CT molecular complexity index is 319. The van der Waals surface area contributed by atoms with Crippen molar-refractivity contribution in [2.24, 2.45) is 0 Å². The van der Waals surface area contributed by atoms with Crippen molar-refractivity contribution >= 4 is 5.91 Å². The van der Waals surface area contributed by atoms with Crippen molar-refractivity contribution in [3.63, 3.8) is 0 Å². The molecule has 0 spiro atoms. The number of nitrogens with zero attached hydrogens (tertiary/aromatic N) is 1. The fourth-order valence-corrected chi connectivity index (χ4v) is 1.07. The number of rotatable bonds is 4. The zero-order valence-corrected chi connectivity index (χ0v) is 9.49. The Kier molecular flexibility index (Phi) is 4.16. The number of ether oxygens (including phenoxy) is 1. The molecule has 0 aliphatic heterocycles. The van der Waals surface area contributed by atoms with E-state index in [-0.39, 0.29) is 12.5 Å². The second kappa shape index (κ2) is 5.39. The lowest BCUT2D eigenvalue weighted by molar-refractivity contribution is -0.131. The summed E-state index contributed by atoms with van der Waals surface area (Å²) in [4.78, 5) is 13.0. The summed E-state index contributed by atoms with van der Waals surface area (Å²) in [5.41, 5.74) is 1.18. The van der Waals surface area contributed by atoms with Crippen molar-refractivity contribution in [1.29, 1.82) is 0 Å². The Balaban J connectivity index is 2.43. The summed E-state index contributed by atoms with van der Waals surface area (Å²) in [5, 5.41) is 0. The predicted octanol–water partition coefficient (Wildman–Crippen LogP) is 1.85. The number of hydrogen-bond donors (Lipinski definition) is 0. The number of carbonyl (C=O) groups is 1. The van der Waals surface area contributed by atoms with Crippen molar-refractivity contribution in [3.8, 4) is 5.75 Å². The van der Waals surface area contributed by atoms with Crippen molar-refractivity contribution < 1.29 is 9.53 Å². The normalized spacial score (nSPS) is 9.80. The van der Waals surface area contributed by atoms with Gasteiger partial charge in [-0.3, -0.25) is 4.79 Å². The molecular formula is C12H17NO2. The first-order valence-corrected chi connectivity index (χ1v) is 5.07. The highest BCUT2D eigenvalue weighted by Gasteiger charge is 2.06. The molecule has 0 N–H and O–H groups in total. The lowest BCUT2D eigenvalue weighted by Crippen LogP contribution is -2.31. The zero-order chi connectivity index (χ0) is 11.3. The highest BCUT2D eigenvalue weighted by molar-refractivity contribution is 5.77. The Morgan fingerprint density at radius 2 is 1.93 bits per heavy atom. The maximum Gasteiger partial charge on any atom is 0.260 e. The van der Waals surface area contributed by atoms with Gasteiger partial charge in [0.1, 0.15) is 5.75 Å². The topological polar surface area (TPSA) is 29.5 Å². The predicted molar refractivity (Wildman–Crippen MR) is 60.0 cm³/mol. The number of aryl methyl sites for hydroxylation is 1. The first-order valence-electron chi connectivity index (χ1n) is 5.07. The van der Waals surface area contributed by atoms with E-state index in [2.05, 4.69) is 0 Å². The molecule has 3 heteroatoms. The van der Waals surface area contributed by atoms with Gasteiger partial charge >= 0.3 is 0 Å². The quantitative estimate of drug-likeness (QED) is 0.754. The number of benzene rings is 1. The third kappa shape index (κ3) is 3.62. The molecule has 1 aromatic carbocycles. The molecule has 15 heavy (non-hydrogen) atoms. The van der Waals surface area contributed by atoms with Gasteiger partial charge in [-0.25, -0.2) is 0 Å². The molecule has 82 valence electrons. The van der Waals surface area contributed by atoms with Crippen molar-refractivity contribution in [2.45, 2.75) is 13.8 Å². The van der Waals surface area contributed by atoms with Crippen LogP contribution in [-0.4, -0.2) is 31.0 Å². The fourth-order valence-electron chi connectivity index (χ4n) is 1.07. The molecule has 0 aliphatic rings.